The number of aliphatic hydroxyl groups excluding tert-OH is 1. The van der Waals surface area contributed by atoms with Crippen LogP contribution >= 0.6 is 33.2 Å². The Bertz CT molecular complexity index is 210. The lowest BCUT2D eigenvalue weighted by Crippen LogP contribution is -2.07. The summed E-state index contributed by atoms with van der Waals surface area (Å²) in [5.74, 6) is 0. The molecular formula is C16H33Cl3OSi. The van der Waals surface area contributed by atoms with Crippen molar-refractivity contribution >= 4 is 39.2 Å². The van der Waals surface area contributed by atoms with Gasteiger partial charge in [0.2, 0.25) is 0 Å². The van der Waals surface area contributed by atoms with Crippen LogP contribution in [0.4, 0.5) is 0 Å². The molecule has 0 heterocycles. The summed E-state index contributed by atoms with van der Waals surface area (Å²) in [6.45, 7) is 0.354. The third-order valence-electron chi connectivity index (χ3n) is 3.87. The van der Waals surface area contributed by atoms with Crippen molar-refractivity contribution in [3.8, 4) is 0 Å². The molecule has 0 aliphatic rings. The Balaban J connectivity index is 3.00. The predicted octanol–water partition coefficient (Wildman–Crippen LogP) is 7.10. The van der Waals surface area contributed by atoms with Crippen molar-refractivity contribution in [2.75, 3.05) is 6.61 Å². The minimum atomic E-state index is -2.36. The van der Waals surface area contributed by atoms with Crippen molar-refractivity contribution in [2.45, 2.75) is 95.9 Å². The fraction of sp³-hybridized carbons (Fsp3) is 1.00. The van der Waals surface area contributed by atoms with E-state index in [0.29, 0.717) is 6.61 Å². The molecule has 128 valence electrons. The Hall–Kier alpha value is 1.05. The van der Waals surface area contributed by atoms with Crippen molar-refractivity contribution in [1.29, 1.82) is 0 Å². The SMILES string of the molecule is OCCCCCCCCCCCCCCCC[Si](Cl)(Cl)Cl. The minimum Gasteiger partial charge on any atom is -0.396 e. The smallest absolute Gasteiger partial charge is 0.341 e. The molecule has 0 saturated heterocycles. The van der Waals surface area contributed by atoms with Gasteiger partial charge >= 0.3 is 6.00 Å². The van der Waals surface area contributed by atoms with E-state index in [1.165, 1.54) is 77.0 Å². The summed E-state index contributed by atoms with van der Waals surface area (Å²) in [6.07, 6.45) is 18.0. The van der Waals surface area contributed by atoms with E-state index in [1.54, 1.807) is 0 Å². The fourth-order valence-corrected chi connectivity index (χ4v) is 4.41. The summed E-state index contributed by atoms with van der Waals surface area (Å²) in [6, 6.07) is -1.54. The van der Waals surface area contributed by atoms with E-state index in [0.717, 1.165) is 18.9 Å². The molecule has 0 aromatic carbocycles. The molecule has 0 saturated carbocycles. The van der Waals surface area contributed by atoms with Crippen molar-refractivity contribution in [3.63, 3.8) is 0 Å². The van der Waals surface area contributed by atoms with Gasteiger partial charge in [0.05, 0.1) is 0 Å². The second-order valence-electron chi connectivity index (χ2n) is 6.04. The van der Waals surface area contributed by atoms with E-state index in [-0.39, 0.29) is 0 Å². The highest BCUT2D eigenvalue weighted by atomic mass is 35.8. The Kier molecular flexibility index (Phi) is 16.7. The van der Waals surface area contributed by atoms with E-state index in [2.05, 4.69) is 0 Å². The maximum atomic E-state index is 8.68. The van der Waals surface area contributed by atoms with Gasteiger partial charge in [0.25, 0.3) is 0 Å². The molecule has 0 fully saturated rings. The van der Waals surface area contributed by atoms with E-state index in [9.17, 15) is 0 Å². The number of hydrogen-bond acceptors (Lipinski definition) is 1. The molecule has 0 aliphatic heterocycles. The average Bonchev–Trinajstić information content (AvgIpc) is 2.42. The van der Waals surface area contributed by atoms with Crippen LogP contribution in [0.1, 0.15) is 89.9 Å². The van der Waals surface area contributed by atoms with Gasteiger partial charge in [-0.2, -0.15) is 0 Å². The third-order valence-corrected chi connectivity index (χ3v) is 6.49. The number of unbranched alkanes of at least 4 members (excludes halogenated alkanes) is 13. The Morgan fingerprint density at radius 1 is 0.476 bits per heavy atom. The lowest BCUT2D eigenvalue weighted by Gasteiger charge is -2.06. The summed E-state index contributed by atoms with van der Waals surface area (Å²) in [5, 5.41) is 8.68. The zero-order valence-corrected chi connectivity index (χ0v) is 16.7. The summed E-state index contributed by atoms with van der Waals surface area (Å²) in [4.78, 5) is 0. The molecule has 1 N–H and O–H groups in total. The Morgan fingerprint density at radius 3 is 1.05 bits per heavy atom. The maximum Gasteiger partial charge on any atom is 0.341 e. The van der Waals surface area contributed by atoms with Gasteiger partial charge in [0.1, 0.15) is 0 Å². The molecule has 5 heteroatoms. The highest BCUT2D eigenvalue weighted by Crippen LogP contribution is 2.27. The molecule has 0 rings (SSSR count). The predicted molar refractivity (Wildman–Crippen MR) is 99.8 cm³/mol. The van der Waals surface area contributed by atoms with Crippen LogP contribution in [0, 0.1) is 0 Å². The normalized spacial score (nSPS) is 12.0. The quantitative estimate of drug-likeness (QED) is 0.173. The number of halogens is 3. The van der Waals surface area contributed by atoms with Gasteiger partial charge in [-0.3, -0.25) is 0 Å². The van der Waals surface area contributed by atoms with E-state index < -0.39 is 6.00 Å². The minimum absolute atomic E-state index is 0.354. The first-order valence-corrected chi connectivity index (χ1v) is 14.0. The van der Waals surface area contributed by atoms with Gasteiger partial charge in [-0.25, -0.2) is 0 Å². The van der Waals surface area contributed by atoms with Crippen molar-refractivity contribution < 1.29 is 5.11 Å². The number of aliphatic hydroxyl groups is 1. The van der Waals surface area contributed by atoms with Crippen LogP contribution in [0.25, 0.3) is 0 Å². The van der Waals surface area contributed by atoms with Crippen LogP contribution in [0.5, 0.6) is 0 Å². The van der Waals surface area contributed by atoms with E-state index in [1.807, 2.05) is 0 Å². The van der Waals surface area contributed by atoms with Gasteiger partial charge in [0.15, 0.2) is 0 Å². The topological polar surface area (TPSA) is 20.2 Å². The molecule has 0 amide bonds. The summed E-state index contributed by atoms with van der Waals surface area (Å²) < 4.78 is 0. The molecule has 0 bridgehead atoms. The van der Waals surface area contributed by atoms with Crippen molar-refractivity contribution in [1.82, 2.24) is 0 Å². The molecule has 0 spiro atoms. The summed E-state index contributed by atoms with van der Waals surface area (Å²) in [7, 11) is 0. The largest absolute Gasteiger partial charge is 0.396 e. The van der Waals surface area contributed by atoms with Gasteiger partial charge in [-0.1, -0.05) is 83.5 Å². The zero-order chi connectivity index (χ0) is 15.8. The van der Waals surface area contributed by atoms with Crippen LogP contribution < -0.4 is 0 Å². The van der Waals surface area contributed by atoms with Gasteiger partial charge in [-0.05, 0) is 12.5 Å². The average molecular weight is 376 g/mol. The molecule has 0 unspecified atom stereocenters. The van der Waals surface area contributed by atoms with E-state index >= 15 is 0 Å². The van der Waals surface area contributed by atoms with Gasteiger partial charge in [0, 0.05) is 6.61 Å². The fourth-order valence-electron chi connectivity index (χ4n) is 2.56. The van der Waals surface area contributed by atoms with Crippen LogP contribution in [-0.4, -0.2) is 17.7 Å². The second-order valence-corrected chi connectivity index (χ2v) is 15.3. The summed E-state index contributed by atoms with van der Waals surface area (Å²) >= 11 is 17.6. The summed E-state index contributed by atoms with van der Waals surface area (Å²) in [5.41, 5.74) is 0. The van der Waals surface area contributed by atoms with E-state index in [4.69, 9.17) is 38.3 Å². The molecule has 0 aromatic heterocycles. The van der Waals surface area contributed by atoms with Crippen LogP contribution in [-0.2, 0) is 0 Å². The highest BCUT2D eigenvalue weighted by Gasteiger charge is 2.23. The molecule has 21 heavy (non-hydrogen) atoms. The number of hydrogen-bond donors (Lipinski definition) is 1. The van der Waals surface area contributed by atoms with Gasteiger partial charge < -0.3 is 5.11 Å². The standard InChI is InChI=1S/C16H33Cl3OSi/c17-21(18,19)16-14-12-10-8-6-4-2-1-3-5-7-9-11-13-15-20/h20H,1-16H2. The first-order chi connectivity index (χ1) is 10.1. The Morgan fingerprint density at radius 2 is 0.762 bits per heavy atom. The molecule has 1 nitrogen and oxygen atoms in total. The number of rotatable bonds is 16. The first kappa shape index (κ1) is 22.0. The monoisotopic (exact) mass is 374 g/mol. The highest BCUT2D eigenvalue weighted by molar-refractivity contribution is 7.64. The lowest BCUT2D eigenvalue weighted by atomic mass is 10.0. The Labute approximate surface area is 146 Å². The maximum absolute atomic E-state index is 8.68. The van der Waals surface area contributed by atoms with Crippen LogP contribution in [0.15, 0.2) is 0 Å². The molecular weight excluding hydrogens is 343 g/mol. The second kappa shape index (κ2) is 15.9. The molecule has 0 aromatic rings. The third kappa shape index (κ3) is 21.0. The lowest BCUT2D eigenvalue weighted by molar-refractivity contribution is 0.282. The van der Waals surface area contributed by atoms with Crippen LogP contribution in [0.3, 0.4) is 0 Å². The van der Waals surface area contributed by atoms with Gasteiger partial charge in [-0.15, -0.1) is 33.2 Å². The zero-order valence-electron chi connectivity index (χ0n) is 13.4. The molecule has 0 atom stereocenters. The first-order valence-electron chi connectivity index (χ1n) is 8.74. The van der Waals surface area contributed by atoms with Crippen molar-refractivity contribution in [3.05, 3.63) is 0 Å². The molecule has 0 aliphatic carbocycles. The van der Waals surface area contributed by atoms with Crippen LogP contribution in [0.2, 0.25) is 6.04 Å². The molecule has 0 radical (unpaired) electrons. The van der Waals surface area contributed by atoms with Crippen molar-refractivity contribution in [2.24, 2.45) is 0 Å².